The maximum atomic E-state index is 5.93. The molecule has 1 aliphatic carbocycles. The summed E-state index contributed by atoms with van der Waals surface area (Å²) in [4.78, 5) is 2.57. The zero-order valence-corrected chi connectivity index (χ0v) is 9.17. The van der Waals surface area contributed by atoms with Gasteiger partial charge < -0.3 is 10.5 Å². The van der Waals surface area contributed by atoms with Crippen molar-refractivity contribution < 1.29 is 4.74 Å². The Balaban J connectivity index is 1.96. The molecule has 1 saturated heterocycles. The SMILES string of the molecule is CC1CC(CN)(N2CCCOCC2)C1. The molecule has 0 aromatic heterocycles. The van der Waals surface area contributed by atoms with Gasteiger partial charge in [-0.05, 0) is 25.2 Å². The van der Waals surface area contributed by atoms with Crippen molar-refractivity contribution in [2.45, 2.75) is 31.7 Å². The van der Waals surface area contributed by atoms with Gasteiger partial charge in [-0.15, -0.1) is 0 Å². The molecule has 0 unspecified atom stereocenters. The van der Waals surface area contributed by atoms with Crippen LogP contribution in [0.2, 0.25) is 0 Å². The normalized spacial score (nSPS) is 40.3. The number of nitrogens with two attached hydrogens (primary N) is 1. The summed E-state index contributed by atoms with van der Waals surface area (Å²) in [5.41, 5.74) is 6.26. The van der Waals surface area contributed by atoms with Crippen molar-refractivity contribution in [2.75, 3.05) is 32.8 Å². The van der Waals surface area contributed by atoms with Gasteiger partial charge in [0.25, 0.3) is 0 Å². The van der Waals surface area contributed by atoms with E-state index in [1.807, 2.05) is 0 Å². The van der Waals surface area contributed by atoms with E-state index in [4.69, 9.17) is 10.5 Å². The Morgan fingerprint density at radius 2 is 2.14 bits per heavy atom. The lowest BCUT2D eigenvalue weighted by atomic mass is 9.68. The maximum Gasteiger partial charge on any atom is 0.0593 e. The molecule has 2 N–H and O–H groups in total. The van der Waals surface area contributed by atoms with Crippen LogP contribution in [0.5, 0.6) is 0 Å². The molecule has 0 amide bonds. The smallest absolute Gasteiger partial charge is 0.0593 e. The minimum Gasteiger partial charge on any atom is -0.380 e. The van der Waals surface area contributed by atoms with Crippen LogP contribution in [0.3, 0.4) is 0 Å². The first-order valence-electron chi connectivity index (χ1n) is 5.80. The Bertz CT molecular complexity index is 182. The molecule has 2 aliphatic rings. The number of hydrogen-bond donors (Lipinski definition) is 1. The average Bonchev–Trinajstić information content (AvgIpc) is 2.40. The third kappa shape index (κ3) is 1.81. The van der Waals surface area contributed by atoms with E-state index in [-0.39, 0.29) is 0 Å². The molecule has 0 aromatic rings. The van der Waals surface area contributed by atoms with Gasteiger partial charge in [0.1, 0.15) is 0 Å². The standard InChI is InChI=1S/C11H22N2O/c1-10-7-11(8-10,9-12)13-3-2-5-14-6-4-13/h10H,2-9,12H2,1H3. The van der Waals surface area contributed by atoms with Crippen molar-refractivity contribution in [1.82, 2.24) is 4.90 Å². The Kier molecular flexibility index (Phi) is 3.10. The van der Waals surface area contributed by atoms with E-state index in [0.29, 0.717) is 5.54 Å². The fourth-order valence-electron chi connectivity index (χ4n) is 3.01. The molecule has 3 heteroatoms. The van der Waals surface area contributed by atoms with Crippen LogP contribution in [0, 0.1) is 5.92 Å². The van der Waals surface area contributed by atoms with Crippen LogP contribution in [0.25, 0.3) is 0 Å². The molecule has 1 heterocycles. The van der Waals surface area contributed by atoms with Crippen LogP contribution in [0.15, 0.2) is 0 Å². The van der Waals surface area contributed by atoms with E-state index < -0.39 is 0 Å². The van der Waals surface area contributed by atoms with Crippen LogP contribution in [0.1, 0.15) is 26.2 Å². The van der Waals surface area contributed by atoms with Crippen LogP contribution in [0.4, 0.5) is 0 Å². The second-order valence-electron chi connectivity index (χ2n) is 4.89. The fourth-order valence-corrected chi connectivity index (χ4v) is 3.01. The number of rotatable bonds is 2. The van der Waals surface area contributed by atoms with Gasteiger partial charge in [-0.3, -0.25) is 4.90 Å². The van der Waals surface area contributed by atoms with Crippen molar-refractivity contribution in [3.05, 3.63) is 0 Å². The largest absolute Gasteiger partial charge is 0.380 e. The van der Waals surface area contributed by atoms with Gasteiger partial charge in [-0.1, -0.05) is 6.92 Å². The van der Waals surface area contributed by atoms with E-state index in [1.165, 1.54) is 19.4 Å². The topological polar surface area (TPSA) is 38.5 Å². The summed E-state index contributed by atoms with van der Waals surface area (Å²) in [5.74, 6) is 0.864. The van der Waals surface area contributed by atoms with Crippen LogP contribution in [-0.4, -0.2) is 43.3 Å². The van der Waals surface area contributed by atoms with E-state index in [0.717, 1.165) is 38.6 Å². The molecule has 14 heavy (non-hydrogen) atoms. The summed E-state index contributed by atoms with van der Waals surface area (Å²) in [5, 5.41) is 0. The molecule has 0 radical (unpaired) electrons. The van der Waals surface area contributed by atoms with Crippen molar-refractivity contribution in [2.24, 2.45) is 11.7 Å². The molecular weight excluding hydrogens is 176 g/mol. The Labute approximate surface area is 86.6 Å². The zero-order chi connectivity index (χ0) is 10.0. The highest BCUT2D eigenvalue weighted by atomic mass is 16.5. The van der Waals surface area contributed by atoms with Crippen LogP contribution < -0.4 is 5.73 Å². The van der Waals surface area contributed by atoms with Gasteiger partial charge in [-0.25, -0.2) is 0 Å². The van der Waals surface area contributed by atoms with Gasteiger partial charge >= 0.3 is 0 Å². The van der Waals surface area contributed by atoms with E-state index in [9.17, 15) is 0 Å². The van der Waals surface area contributed by atoms with Crippen LogP contribution in [-0.2, 0) is 4.74 Å². The molecule has 0 bridgehead atoms. The van der Waals surface area contributed by atoms with Gasteiger partial charge in [0.05, 0.1) is 6.61 Å². The van der Waals surface area contributed by atoms with Crippen molar-refractivity contribution in [1.29, 1.82) is 0 Å². The van der Waals surface area contributed by atoms with Gasteiger partial charge in [0.2, 0.25) is 0 Å². The summed E-state index contributed by atoms with van der Waals surface area (Å²) in [6, 6.07) is 0. The van der Waals surface area contributed by atoms with Crippen molar-refractivity contribution in [3.8, 4) is 0 Å². The number of nitrogens with zero attached hydrogens (tertiary/aromatic N) is 1. The third-order valence-electron chi connectivity index (χ3n) is 3.73. The van der Waals surface area contributed by atoms with Gasteiger partial charge in [-0.2, -0.15) is 0 Å². The molecular formula is C11H22N2O. The molecule has 2 fully saturated rings. The number of ether oxygens (including phenoxy) is 1. The summed E-state index contributed by atoms with van der Waals surface area (Å²) < 4.78 is 5.48. The molecule has 82 valence electrons. The predicted octanol–water partition coefficient (Wildman–Crippen LogP) is 0.836. The summed E-state index contributed by atoms with van der Waals surface area (Å²) >= 11 is 0. The predicted molar refractivity (Wildman–Crippen MR) is 57.2 cm³/mol. The Hall–Kier alpha value is -0.120. The van der Waals surface area contributed by atoms with E-state index >= 15 is 0 Å². The zero-order valence-electron chi connectivity index (χ0n) is 9.17. The second-order valence-corrected chi connectivity index (χ2v) is 4.89. The highest BCUT2D eigenvalue weighted by Gasteiger charge is 2.45. The lowest BCUT2D eigenvalue weighted by molar-refractivity contribution is -0.0134. The molecule has 0 aromatic carbocycles. The second kappa shape index (κ2) is 4.17. The molecule has 0 atom stereocenters. The highest BCUT2D eigenvalue weighted by Crippen LogP contribution is 2.41. The lowest BCUT2D eigenvalue weighted by Gasteiger charge is -2.53. The Morgan fingerprint density at radius 1 is 1.36 bits per heavy atom. The first-order valence-corrected chi connectivity index (χ1v) is 5.80. The molecule has 1 aliphatic heterocycles. The van der Waals surface area contributed by atoms with Crippen LogP contribution >= 0.6 is 0 Å². The summed E-state index contributed by atoms with van der Waals surface area (Å²) in [7, 11) is 0. The van der Waals surface area contributed by atoms with Crippen molar-refractivity contribution >= 4 is 0 Å². The lowest BCUT2D eigenvalue weighted by Crippen LogP contribution is -2.61. The first kappa shape index (κ1) is 10.4. The highest BCUT2D eigenvalue weighted by molar-refractivity contribution is 5.02. The Morgan fingerprint density at radius 3 is 2.79 bits per heavy atom. The summed E-state index contributed by atoms with van der Waals surface area (Å²) in [6.07, 6.45) is 3.73. The van der Waals surface area contributed by atoms with E-state index in [1.54, 1.807) is 0 Å². The number of hydrogen-bond acceptors (Lipinski definition) is 3. The monoisotopic (exact) mass is 198 g/mol. The van der Waals surface area contributed by atoms with Gasteiger partial charge in [0, 0.05) is 31.8 Å². The van der Waals surface area contributed by atoms with Gasteiger partial charge in [0.15, 0.2) is 0 Å². The van der Waals surface area contributed by atoms with E-state index in [2.05, 4.69) is 11.8 Å². The summed E-state index contributed by atoms with van der Waals surface area (Å²) in [6.45, 7) is 7.19. The molecule has 0 spiro atoms. The molecule has 3 nitrogen and oxygen atoms in total. The minimum atomic E-state index is 0.327. The van der Waals surface area contributed by atoms with Crippen molar-refractivity contribution in [3.63, 3.8) is 0 Å². The average molecular weight is 198 g/mol. The third-order valence-corrected chi connectivity index (χ3v) is 3.73. The quantitative estimate of drug-likeness (QED) is 0.714. The minimum absolute atomic E-state index is 0.327. The maximum absolute atomic E-state index is 5.93. The first-order chi connectivity index (χ1) is 6.77. The molecule has 1 saturated carbocycles. The molecule has 2 rings (SSSR count). The fraction of sp³-hybridized carbons (Fsp3) is 1.00.